The lowest BCUT2D eigenvalue weighted by molar-refractivity contribution is 0.0944. The number of rotatable bonds is 5. The van der Waals surface area contributed by atoms with E-state index in [1.165, 1.54) is 18.5 Å². The average Bonchev–Trinajstić information content (AvgIpc) is 2.45. The number of carbonyl (C=O) groups is 1. The van der Waals surface area contributed by atoms with E-state index in [0.717, 1.165) is 5.75 Å². The summed E-state index contributed by atoms with van der Waals surface area (Å²) in [4.78, 5) is 15.4. The second kappa shape index (κ2) is 6.39. The number of ether oxygens (including phenoxy) is 1. The summed E-state index contributed by atoms with van der Waals surface area (Å²) >= 11 is 0. The van der Waals surface area contributed by atoms with Crippen LogP contribution >= 0.6 is 0 Å². The number of amides is 1. The summed E-state index contributed by atoms with van der Waals surface area (Å²) in [6.45, 7) is 0.719. The van der Waals surface area contributed by atoms with Gasteiger partial charge in [0.25, 0.3) is 5.91 Å². The lowest BCUT2D eigenvalue weighted by atomic mass is 10.2. The van der Waals surface area contributed by atoms with Crippen LogP contribution in [0, 0.1) is 0 Å². The maximum atomic E-state index is 11.7. The van der Waals surface area contributed by atoms with Gasteiger partial charge in [-0.2, -0.15) is 0 Å². The molecule has 0 saturated heterocycles. The minimum atomic E-state index is -0.350. The van der Waals surface area contributed by atoms with E-state index in [1.807, 2.05) is 30.3 Å². The number of benzene rings is 1. The number of pyridine rings is 1. The largest absolute Gasteiger partial charge is 0.505 e. The molecule has 2 N–H and O–H groups in total. The molecule has 0 aliphatic rings. The fourth-order valence-corrected chi connectivity index (χ4v) is 1.52. The number of hydrogen-bond donors (Lipinski definition) is 2. The smallest absolute Gasteiger partial charge is 0.255 e. The summed E-state index contributed by atoms with van der Waals surface area (Å²) in [5.74, 6) is 0.268. The van der Waals surface area contributed by atoms with Crippen molar-refractivity contribution in [3.8, 4) is 11.5 Å². The molecule has 1 aromatic carbocycles. The molecule has 0 atom stereocenters. The molecule has 0 spiro atoms. The minimum absolute atomic E-state index is 0.135. The zero-order valence-corrected chi connectivity index (χ0v) is 10.2. The number of aromatic nitrogens is 1. The van der Waals surface area contributed by atoms with Gasteiger partial charge < -0.3 is 15.2 Å². The van der Waals surface area contributed by atoms with Crippen molar-refractivity contribution in [2.45, 2.75) is 0 Å². The Balaban J connectivity index is 1.77. The normalized spacial score (nSPS) is 9.89. The van der Waals surface area contributed by atoms with Gasteiger partial charge in [-0.1, -0.05) is 18.2 Å². The van der Waals surface area contributed by atoms with Crippen LogP contribution in [0.1, 0.15) is 10.4 Å². The molecule has 5 nitrogen and oxygen atoms in total. The van der Waals surface area contributed by atoms with E-state index in [9.17, 15) is 9.90 Å². The summed E-state index contributed by atoms with van der Waals surface area (Å²) in [7, 11) is 0. The predicted molar refractivity (Wildman–Crippen MR) is 70.2 cm³/mol. The first kappa shape index (κ1) is 12.9. The number of nitrogens with one attached hydrogen (secondary N) is 1. The number of aromatic hydroxyl groups is 1. The highest BCUT2D eigenvalue weighted by atomic mass is 16.5. The van der Waals surface area contributed by atoms with Gasteiger partial charge in [0.05, 0.1) is 18.3 Å². The Morgan fingerprint density at radius 1 is 1.26 bits per heavy atom. The monoisotopic (exact) mass is 258 g/mol. The molecule has 0 fully saturated rings. The van der Waals surface area contributed by atoms with E-state index in [-0.39, 0.29) is 17.2 Å². The SMILES string of the molecule is O=C(NCCOc1ccccc1)c1ccncc1O. The van der Waals surface area contributed by atoms with Gasteiger partial charge in [0.1, 0.15) is 18.1 Å². The Morgan fingerprint density at radius 2 is 2.05 bits per heavy atom. The zero-order chi connectivity index (χ0) is 13.5. The lowest BCUT2D eigenvalue weighted by Gasteiger charge is -2.08. The highest BCUT2D eigenvalue weighted by Gasteiger charge is 2.09. The topological polar surface area (TPSA) is 71.5 Å². The van der Waals surface area contributed by atoms with Gasteiger partial charge in [-0.3, -0.25) is 9.78 Å². The van der Waals surface area contributed by atoms with Gasteiger partial charge in [-0.25, -0.2) is 0 Å². The minimum Gasteiger partial charge on any atom is -0.505 e. The quantitative estimate of drug-likeness (QED) is 0.799. The van der Waals surface area contributed by atoms with E-state index in [4.69, 9.17) is 4.74 Å². The fraction of sp³-hybridized carbons (Fsp3) is 0.143. The van der Waals surface area contributed by atoms with E-state index in [2.05, 4.69) is 10.3 Å². The third kappa shape index (κ3) is 3.70. The van der Waals surface area contributed by atoms with Crippen molar-refractivity contribution in [3.05, 3.63) is 54.4 Å². The summed E-state index contributed by atoms with van der Waals surface area (Å²) in [5, 5.41) is 12.1. The van der Waals surface area contributed by atoms with Crippen LogP contribution in [0.25, 0.3) is 0 Å². The molecule has 2 aromatic rings. The van der Waals surface area contributed by atoms with Gasteiger partial charge in [0.15, 0.2) is 0 Å². The first-order valence-corrected chi connectivity index (χ1v) is 5.86. The first-order chi connectivity index (χ1) is 9.27. The van der Waals surface area contributed by atoms with E-state index >= 15 is 0 Å². The van der Waals surface area contributed by atoms with E-state index in [1.54, 1.807) is 0 Å². The van der Waals surface area contributed by atoms with Crippen molar-refractivity contribution in [2.24, 2.45) is 0 Å². The molecular weight excluding hydrogens is 244 g/mol. The van der Waals surface area contributed by atoms with Crippen LogP contribution in [0.3, 0.4) is 0 Å². The van der Waals surface area contributed by atoms with Crippen LogP contribution in [-0.4, -0.2) is 29.1 Å². The van der Waals surface area contributed by atoms with Crippen molar-refractivity contribution >= 4 is 5.91 Å². The summed E-state index contributed by atoms with van der Waals surface area (Å²) in [6.07, 6.45) is 2.69. The van der Waals surface area contributed by atoms with Gasteiger partial charge in [0, 0.05) is 6.20 Å². The van der Waals surface area contributed by atoms with Crippen molar-refractivity contribution in [1.29, 1.82) is 0 Å². The molecule has 2 rings (SSSR count). The number of para-hydroxylation sites is 1. The van der Waals surface area contributed by atoms with Crippen molar-refractivity contribution in [2.75, 3.05) is 13.2 Å². The van der Waals surface area contributed by atoms with E-state index in [0.29, 0.717) is 13.2 Å². The molecule has 98 valence electrons. The van der Waals surface area contributed by atoms with Crippen LogP contribution < -0.4 is 10.1 Å². The molecule has 1 heterocycles. The van der Waals surface area contributed by atoms with Gasteiger partial charge in [0.2, 0.25) is 0 Å². The average molecular weight is 258 g/mol. The van der Waals surface area contributed by atoms with Crippen LogP contribution in [0.5, 0.6) is 11.5 Å². The molecule has 0 radical (unpaired) electrons. The maximum Gasteiger partial charge on any atom is 0.255 e. The molecule has 1 amide bonds. The number of carbonyl (C=O) groups excluding carboxylic acids is 1. The highest BCUT2D eigenvalue weighted by molar-refractivity contribution is 5.96. The Labute approximate surface area is 110 Å². The van der Waals surface area contributed by atoms with Crippen LogP contribution in [0.2, 0.25) is 0 Å². The van der Waals surface area contributed by atoms with Crippen molar-refractivity contribution in [3.63, 3.8) is 0 Å². The van der Waals surface area contributed by atoms with E-state index < -0.39 is 0 Å². The third-order valence-corrected chi connectivity index (χ3v) is 2.44. The Kier molecular flexibility index (Phi) is 4.34. The summed E-state index contributed by atoms with van der Waals surface area (Å²) < 4.78 is 5.43. The molecule has 19 heavy (non-hydrogen) atoms. The van der Waals surface area contributed by atoms with Gasteiger partial charge in [-0.15, -0.1) is 0 Å². The zero-order valence-electron chi connectivity index (χ0n) is 10.2. The summed E-state index contributed by atoms with van der Waals surface area (Å²) in [5.41, 5.74) is 0.203. The van der Waals surface area contributed by atoms with Gasteiger partial charge >= 0.3 is 0 Å². The highest BCUT2D eigenvalue weighted by Crippen LogP contribution is 2.13. The molecule has 0 bridgehead atoms. The molecular formula is C14H14N2O3. The Bertz CT molecular complexity index is 543. The predicted octanol–water partition coefficient (Wildman–Crippen LogP) is 1.60. The molecule has 0 aliphatic carbocycles. The second-order valence-electron chi connectivity index (χ2n) is 3.81. The second-order valence-corrected chi connectivity index (χ2v) is 3.81. The first-order valence-electron chi connectivity index (χ1n) is 5.86. The Hall–Kier alpha value is -2.56. The Morgan fingerprint density at radius 3 is 2.79 bits per heavy atom. The van der Waals surface area contributed by atoms with Crippen LogP contribution in [0.4, 0.5) is 0 Å². The molecule has 0 saturated carbocycles. The standard InChI is InChI=1S/C14H14N2O3/c17-13-10-15-7-6-12(13)14(18)16-8-9-19-11-4-2-1-3-5-11/h1-7,10,17H,8-9H2,(H,16,18). The molecule has 0 aliphatic heterocycles. The number of nitrogens with zero attached hydrogens (tertiary/aromatic N) is 1. The van der Waals surface area contributed by atoms with Crippen molar-refractivity contribution in [1.82, 2.24) is 10.3 Å². The number of hydrogen-bond acceptors (Lipinski definition) is 4. The van der Waals surface area contributed by atoms with Crippen LogP contribution in [0.15, 0.2) is 48.8 Å². The fourth-order valence-electron chi connectivity index (χ4n) is 1.52. The molecule has 5 heteroatoms. The van der Waals surface area contributed by atoms with Crippen LogP contribution in [-0.2, 0) is 0 Å². The summed E-state index contributed by atoms with van der Waals surface area (Å²) in [6, 6.07) is 10.8. The lowest BCUT2D eigenvalue weighted by Crippen LogP contribution is -2.28. The maximum absolute atomic E-state index is 11.7. The van der Waals surface area contributed by atoms with Gasteiger partial charge in [-0.05, 0) is 18.2 Å². The van der Waals surface area contributed by atoms with Crippen molar-refractivity contribution < 1.29 is 14.6 Å². The molecule has 0 unspecified atom stereocenters. The molecule has 1 aromatic heterocycles. The third-order valence-electron chi connectivity index (χ3n) is 2.44.